The predicted molar refractivity (Wildman–Crippen MR) is 79.2 cm³/mol. The van der Waals surface area contributed by atoms with Gasteiger partial charge in [0.05, 0.1) is 4.92 Å². The van der Waals surface area contributed by atoms with E-state index in [-0.39, 0.29) is 18.3 Å². The molecule has 0 aromatic heterocycles. The molecule has 1 aromatic carbocycles. The molecule has 0 radical (unpaired) electrons. The molecule has 0 spiro atoms. The molecular formula is C11H19N5O4S. The van der Waals surface area contributed by atoms with Crippen LogP contribution >= 0.6 is 0 Å². The molecule has 4 N–H and O–H groups in total. The quantitative estimate of drug-likeness (QED) is 0.369. The van der Waals surface area contributed by atoms with Gasteiger partial charge in [-0.3, -0.25) is 16.0 Å². The van der Waals surface area contributed by atoms with E-state index in [1.165, 1.54) is 18.2 Å². The normalized spacial score (nSPS) is 13.2. The van der Waals surface area contributed by atoms with Crippen LogP contribution in [-0.2, 0) is 10.0 Å². The molecule has 0 aliphatic carbocycles. The van der Waals surface area contributed by atoms with Crippen molar-refractivity contribution in [1.82, 2.24) is 9.62 Å². The number of hydrogen-bond acceptors (Lipinski definition) is 7. The van der Waals surface area contributed by atoms with Crippen LogP contribution in [0, 0.1) is 10.1 Å². The summed E-state index contributed by atoms with van der Waals surface area (Å²) in [6, 6.07) is 3.82. The zero-order valence-corrected chi connectivity index (χ0v) is 12.8. The SMILES string of the molecule is CC(CNS(=O)(=O)c1cccc(NN)c1[N+](=O)[O-])N(C)C. The minimum absolute atomic E-state index is 0.0605. The number of rotatable bonds is 7. The van der Waals surface area contributed by atoms with Gasteiger partial charge in [-0.2, -0.15) is 0 Å². The Labute approximate surface area is 123 Å². The first kappa shape index (κ1) is 17.3. The Morgan fingerprint density at radius 3 is 2.52 bits per heavy atom. The number of anilines is 1. The number of nitro benzene ring substituents is 1. The molecule has 1 rings (SSSR count). The lowest BCUT2D eigenvalue weighted by atomic mass is 10.3. The molecule has 9 nitrogen and oxygen atoms in total. The second kappa shape index (κ2) is 6.80. The van der Waals surface area contributed by atoms with Crippen molar-refractivity contribution < 1.29 is 13.3 Å². The Kier molecular flexibility index (Phi) is 5.61. The van der Waals surface area contributed by atoms with E-state index in [2.05, 4.69) is 10.1 Å². The molecule has 0 fully saturated rings. The van der Waals surface area contributed by atoms with Crippen molar-refractivity contribution >= 4 is 21.4 Å². The molecule has 21 heavy (non-hydrogen) atoms. The number of nitro groups is 1. The van der Waals surface area contributed by atoms with Crippen LogP contribution in [0.5, 0.6) is 0 Å². The van der Waals surface area contributed by atoms with Gasteiger partial charge < -0.3 is 10.3 Å². The number of sulfonamides is 1. The summed E-state index contributed by atoms with van der Waals surface area (Å²) < 4.78 is 26.9. The van der Waals surface area contributed by atoms with Crippen LogP contribution in [0.25, 0.3) is 0 Å². The maximum absolute atomic E-state index is 12.2. The average Bonchev–Trinajstić information content (AvgIpc) is 2.43. The second-order valence-electron chi connectivity index (χ2n) is 4.72. The molecular weight excluding hydrogens is 298 g/mol. The Hall–Kier alpha value is -1.75. The van der Waals surface area contributed by atoms with Crippen molar-refractivity contribution in [2.24, 2.45) is 5.84 Å². The molecule has 0 amide bonds. The van der Waals surface area contributed by atoms with Gasteiger partial charge in [0, 0.05) is 12.6 Å². The van der Waals surface area contributed by atoms with Crippen molar-refractivity contribution in [3.63, 3.8) is 0 Å². The standard InChI is InChI=1S/C11H19N5O4S/c1-8(15(2)3)7-13-21(19,20)10-6-4-5-9(14-12)11(10)16(17)18/h4-6,8,13-14H,7,12H2,1-3H3. The molecule has 1 aromatic rings. The fourth-order valence-electron chi connectivity index (χ4n) is 1.53. The third-order valence-corrected chi connectivity index (χ3v) is 4.53. The number of para-hydroxylation sites is 1. The number of benzene rings is 1. The maximum Gasteiger partial charge on any atom is 0.313 e. The Morgan fingerprint density at radius 2 is 2.05 bits per heavy atom. The first-order valence-electron chi connectivity index (χ1n) is 6.10. The van der Waals surface area contributed by atoms with Gasteiger partial charge in [0.25, 0.3) is 0 Å². The van der Waals surface area contributed by atoms with Crippen molar-refractivity contribution in [2.45, 2.75) is 17.9 Å². The fraction of sp³-hybridized carbons (Fsp3) is 0.455. The van der Waals surface area contributed by atoms with Gasteiger partial charge in [0.2, 0.25) is 10.0 Å². The van der Waals surface area contributed by atoms with Crippen LogP contribution in [0.3, 0.4) is 0 Å². The lowest BCUT2D eigenvalue weighted by Crippen LogP contribution is -2.38. The second-order valence-corrected chi connectivity index (χ2v) is 6.45. The lowest BCUT2D eigenvalue weighted by Gasteiger charge is -2.20. The van der Waals surface area contributed by atoms with Crippen LogP contribution < -0.4 is 16.0 Å². The average molecular weight is 317 g/mol. The number of nitrogen functional groups attached to an aromatic ring is 1. The summed E-state index contributed by atoms with van der Waals surface area (Å²) in [5.74, 6) is 5.19. The molecule has 118 valence electrons. The molecule has 0 aliphatic rings. The lowest BCUT2D eigenvalue weighted by molar-refractivity contribution is -0.386. The van der Waals surface area contributed by atoms with E-state index >= 15 is 0 Å². The van der Waals surface area contributed by atoms with E-state index in [9.17, 15) is 18.5 Å². The van der Waals surface area contributed by atoms with Crippen molar-refractivity contribution in [3.8, 4) is 0 Å². The summed E-state index contributed by atoms with van der Waals surface area (Å²) in [5.41, 5.74) is 1.49. The Morgan fingerprint density at radius 1 is 1.43 bits per heavy atom. The molecule has 0 bridgehead atoms. The van der Waals surface area contributed by atoms with Gasteiger partial charge in [-0.15, -0.1) is 0 Å². The third kappa shape index (κ3) is 4.11. The minimum Gasteiger partial charge on any atom is -0.318 e. The minimum atomic E-state index is -4.01. The molecule has 1 unspecified atom stereocenters. The van der Waals surface area contributed by atoms with Gasteiger partial charge in [0.1, 0.15) is 5.69 Å². The monoisotopic (exact) mass is 317 g/mol. The number of hydrazine groups is 1. The van der Waals surface area contributed by atoms with E-state index in [0.717, 1.165) is 0 Å². The van der Waals surface area contributed by atoms with Crippen LogP contribution in [0.15, 0.2) is 23.1 Å². The molecule has 0 saturated heterocycles. The fourth-order valence-corrected chi connectivity index (χ4v) is 2.85. The summed E-state index contributed by atoms with van der Waals surface area (Å²) in [6.45, 7) is 1.96. The summed E-state index contributed by atoms with van der Waals surface area (Å²) in [5, 5.41) is 11.1. The number of hydrogen-bond donors (Lipinski definition) is 3. The van der Waals surface area contributed by atoms with Gasteiger partial charge >= 0.3 is 5.69 Å². The zero-order valence-electron chi connectivity index (χ0n) is 12.0. The van der Waals surface area contributed by atoms with Gasteiger partial charge in [-0.1, -0.05) is 6.07 Å². The smallest absolute Gasteiger partial charge is 0.313 e. The highest BCUT2D eigenvalue weighted by Gasteiger charge is 2.29. The summed E-state index contributed by atoms with van der Waals surface area (Å²) >= 11 is 0. The van der Waals surface area contributed by atoms with Gasteiger partial charge in [-0.25, -0.2) is 13.1 Å². The number of nitrogens with zero attached hydrogens (tertiary/aromatic N) is 2. The van der Waals surface area contributed by atoms with E-state index < -0.39 is 25.5 Å². The molecule has 1 atom stereocenters. The van der Waals surface area contributed by atoms with Crippen LogP contribution in [0.2, 0.25) is 0 Å². The van der Waals surface area contributed by atoms with E-state index in [1.54, 1.807) is 14.1 Å². The van der Waals surface area contributed by atoms with Crippen molar-refractivity contribution in [1.29, 1.82) is 0 Å². The number of nitrogens with one attached hydrogen (secondary N) is 2. The maximum atomic E-state index is 12.2. The first-order valence-corrected chi connectivity index (χ1v) is 7.59. The van der Waals surface area contributed by atoms with Crippen LogP contribution in [0.4, 0.5) is 11.4 Å². The van der Waals surface area contributed by atoms with E-state index in [1.807, 2.05) is 11.8 Å². The van der Waals surface area contributed by atoms with Gasteiger partial charge in [-0.05, 0) is 33.2 Å². The topological polar surface area (TPSA) is 131 Å². The van der Waals surface area contributed by atoms with Crippen molar-refractivity contribution in [3.05, 3.63) is 28.3 Å². The first-order chi connectivity index (χ1) is 9.70. The van der Waals surface area contributed by atoms with Crippen LogP contribution in [0.1, 0.15) is 6.92 Å². The molecule has 0 aliphatic heterocycles. The Bertz CT molecular complexity index is 617. The highest BCUT2D eigenvalue weighted by molar-refractivity contribution is 7.89. The summed E-state index contributed by atoms with van der Waals surface area (Å²) in [7, 11) is -0.399. The summed E-state index contributed by atoms with van der Waals surface area (Å²) in [6.07, 6.45) is 0. The largest absolute Gasteiger partial charge is 0.318 e. The van der Waals surface area contributed by atoms with Crippen molar-refractivity contribution in [2.75, 3.05) is 26.1 Å². The molecule has 0 saturated carbocycles. The van der Waals surface area contributed by atoms with Crippen LogP contribution in [-0.4, -0.2) is 44.9 Å². The highest BCUT2D eigenvalue weighted by Crippen LogP contribution is 2.31. The summed E-state index contributed by atoms with van der Waals surface area (Å²) in [4.78, 5) is 11.7. The number of likely N-dealkylation sites (N-methyl/N-ethyl adjacent to an activating group) is 1. The molecule has 0 heterocycles. The van der Waals surface area contributed by atoms with E-state index in [0.29, 0.717) is 0 Å². The molecule has 10 heteroatoms. The Balaban J connectivity index is 3.17. The van der Waals surface area contributed by atoms with Gasteiger partial charge in [0.15, 0.2) is 4.90 Å². The van der Waals surface area contributed by atoms with E-state index in [4.69, 9.17) is 5.84 Å². The third-order valence-electron chi connectivity index (χ3n) is 3.08. The highest BCUT2D eigenvalue weighted by atomic mass is 32.2. The predicted octanol–water partition coefficient (Wildman–Crippen LogP) is 0.109. The zero-order chi connectivity index (χ0) is 16.2. The number of nitrogens with two attached hydrogens (primary N) is 1.